The van der Waals surface area contributed by atoms with E-state index in [1.807, 2.05) is 12.1 Å². The van der Waals surface area contributed by atoms with Crippen molar-refractivity contribution in [1.29, 1.82) is 0 Å². The number of halogens is 1. The van der Waals surface area contributed by atoms with Gasteiger partial charge in [0.2, 0.25) is 0 Å². The zero-order valence-corrected chi connectivity index (χ0v) is 12.0. The van der Waals surface area contributed by atoms with Crippen molar-refractivity contribution < 1.29 is 13.5 Å². The molecule has 0 saturated carbocycles. The largest absolute Gasteiger partial charge is 0.456 e. The van der Waals surface area contributed by atoms with Crippen LogP contribution in [0.4, 0.5) is 4.39 Å². The van der Waals surface area contributed by atoms with Crippen molar-refractivity contribution in [2.45, 2.75) is 44.2 Å². The van der Waals surface area contributed by atoms with E-state index in [1.165, 1.54) is 12.5 Å². The number of ether oxygens (including phenoxy) is 1. The van der Waals surface area contributed by atoms with E-state index in [-0.39, 0.29) is 11.9 Å². The van der Waals surface area contributed by atoms with E-state index in [0.29, 0.717) is 17.4 Å². The minimum Gasteiger partial charge on any atom is -0.456 e. The van der Waals surface area contributed by atoms with Crippen LogP contribution in [0, 0.1) is 5.82 Å². The number of benzene rings is 1. The molecule has 21 heavy (non-hydrogen) atoms. The Morgan fingerprint density at radius 1 is 1.38 bits per heavy atom. The van der Waals surface area contributed by atoms with Gasteiger partial charge in [-0.05, 0) is 44.2 Å². The molecule has 1 aromatic heterocycles. The molecule has 2 aromatic rings. The third kappa shape index (κ3) is 3.26. The van der Waals surface area contributed by atoms with E-state index >= 15 is 0 Å². The van der Waals surface area contributed by atoms with E-state index in [2.05, 4.69) is 5.43 Å². The van der Waals surface area contributed by atoms with Gasteiger partial charge in [0, 0.05) is 12.0 Å². The smallest absolute Gasteiger partial charge is 0.169 e. The van der Waals surface area contributed by atoms with Crippen LogP contribution >= 0.6 is 0 Å². The Kier molecular flexibility index (Phi) is 4.53. The van der Waals surface area contributed by atoms with Gasteiger partial charge in [-0.1, -0.05) is 12.1 Å². The molecule has 3 rings (SSSR count). The Morgan fingerprint density at radius 3 is 3.00 bits per heavy atom. The van der Waals surface area contributed by atoms with Crippen molar-refractivity contribution in [3.05, 3.63) is 35.8 Å². The third-order valence-corrected chi connectivity index (χ3v) is 4.11. The molecule has 5 heteroatoms. The average molecular weight is 292 g/mol. The first kappa shape index (κ1) is 14.5. The predicted molar refractivity (Wildman–Crippen MR) is 79.1 cm³/mol. The Labute approximate surface area is 123 Å². The van der Waals surface area contributed by atoms with Crippen LogP contribution in [0.1, 0.15) is 43.9 Å². The van der Waals surface area contributed by atoms with Crippen molar-refractivity contribution in [2.24, 2.45) is 5.84 Å². The van der Waals surface area contributed by atoms with Crippen molar-refractivity contribution in [2.75, 3.05) is 6.61 Å². The zero-order chi connectivity index (χ0) is 14.7. The zero-order valence-electron chi connectivity index (χ0n) is 12.0. The number of hydrogen-bond donors (Lipinski definition) is 2. The van der Waals surface area contributed by atoms with E-state index in [9.17, 15) is 4.39 Å². The lowest BCUT2D eigenvalue weighted by molar-refractivity contribution is 0.00823. The van der Waals surface area contributed by atoms with E-state index < -0.39 is 0 Å². The summed E-state index contributed by atoms with van der Waals surface area (Å²) in [6.45, 7) is 0.848. The molecule has 0 radical (unpaired) electrons. The second-order valence-electron chi connectivity index (χ2n) is 5.59. The number of hydrogen-bond acceptors (Lipinski definition) is 4. The first-order chi connectivity index (χ1) is 10.3. The quantitative estimate of drug-likeness (QED) is 0.655. The molecule has 1 aliphatic heterocycles. The number of nitrogens with one attached hydrogen (secondary N) is 1. The lowest BCUT2D eigenvalue weighted by Crippen LogP contribution is -2.29. The summed E-state index contributed by atoms with van der Waals surface area (Å²) in [4.78, 5) is 0. The van der Waals surface area contributed by atoms with Crippen LogP contribution in [0.15, 0.2) is 28.7 Å². The molecule has 2 heterocycles. The van der Waals surface area contributed by atoms with Gasteiger partial charge in [-0.15, -0.1) is 0 Å². The Bertz CT molecular complexity index is 593. The summed E-state index contributed by atoms with van der Waals surface area (Å²) in [5, 5.41) is 0.763. The van der Waals surface area contributed by atoms with Crippen molar-refractivity contribution >= 4 is 11.0 Å². The summed E-state index contributed by atoms with van der Waals surface area (Å²) >= 11 is 0. The third-order valence-electron chi connectivity index (χ3n) is 4.11. The molecule has 1 aromatic carbocycles. The van der Waals surface area contributed by atoms with Crippen LogP contribution in [0.2, 0.25) is 0 Å². The molecule has 0 amide bonds. The molecular formula is C16H21FN2O2. The van der Waals surface area contributed by atoms with E-state index in [0.717, 1.165) is 37.7 Å². The molecule has 1 aliphatic rings. The number of hydrazine groups is 1. The van der Waals surface area contributed by atoms with Crippen molar-refractivity contribution in [1.82, 2.24) is 5.43 Å². The van der Waals surface area contributed by atoms with Gasteiger partial charge in [0.05, 0.1) is 12.1 Å². The maximum Gasteiger partial charge on any atom is 0.169 e. The molecule has 1 fully saturated rings. The Hall–Kier alpha value is -1.43. The molecule has 0 aliphatic carbocycles. The van der Waals surface area contributed by atoms with Gasteiger partial charge in [0.25, 0.3) is 0 Å². The summed E-state index contributed by atoms with van der Waals surface area (Å²) in [6.07, 6.45) is 5.51. The molecule has 3 N–H and O–H groups in total. The highest BCUT2D eigenvalue weighted by Crippen LogP contribution is 2.29. The summed E-state index contributed by atoms with van der Waals surface area (Å²) in [7, 11) is 0. The SMILES string of the molecule is NNC(CCC1CCCCO1)c1cc2cccc(F)c2o1. The van der Waals surface area contributed by atoms with Gasteiger partial charge in [0.1, 0.15) is 5.76 Å². The second-order valence-corrected chi connectivity index (χ2v) is 5.59. The first-order valence-corrected chi connectivity index (χ1v) is 7.53. The van der Waals surface area contributed by atoms with Crippen LogP contribution in [0.3, 0.4) is 0 Å². The Morgan fingerprint density at radius 2 is 2.29 bits per heavy atom. The molecule has 0 spiro atoms. The minimum atomic E-state index is -0.342. The minimum absolute atomic E-state index is 0.123. The van der Waals surface area contributed by atoms with Crippen LogP contribution < -0.4 is 11.3 Å². The van der Waals surface area contributed by atoms with Crippen LogP contribution in [0.25, 0.3) is 11.0 Å². The summed E-state index contributed by atoms with van der Waals surface area (Å²) in [5.74, 6) is 5.97. The van der Waals surface area contributed by atoms with Crippen LogP contribution in [-0.2, 0) is 4.74 Å². The molecular weight excluding hydrogens is 271 g/mol. The molecule has 4 nitrogen and oxygen atoms in total. The van der Waals surface area contributed by atoms with E-state index in [1.54, 1.807) is 6.07 Å². The maximum absolute atomic E-state index is 13.7. The van der Waals surface area contributed by atoms with Crippen molar-refractivity contribution in [3.8, 4) is 0 Å². The van der Waals surface area contributed by atoms with Gasteiger partial charge in [-0.25, -0.2) is 9.82 Å². The topological polar surface area (TPSA) is 60.4 Å². The fourth-order valence-corrected chi connectivity index (χ4v) is 2.91. The lowest BCUT2D eigenvalue weighted by Gasteiger charge is -2.24. The van der Waals surface area contributed by atoms with Gasteiger partial charge in [-0.2, -0.15) is 0 Å². The average Bonchev–Trinajstić information content (AvgIpc) is 2.94. The number of furan rings is 1. The second kappa shape index (κ2) is 6.56. The molecule has 2 atom stereocenters. The highest BCUT2D eigenvalue weighted by atomic mass is 19.1. The summed E-state index contributed by atoms with van der Waals surface area (Å²) in [6, 6.07) is 6.64. The van der Waals surface area contributed by atoms with Gasteiger partial charge < -0.3 is 9.15 Å². The highest BCUT2D eigenvalue weighted by molar-refractivity contribution is 5.78. The first-order valence-electron chi connectivity index (χ1n) is 7.53. The number of para-hydroxylation sites is 1. The molecule has 1 saturated heterocycles. The fourth-order valence-electron chi connectivity index (χ4n) is 2.91. The predicted octanol–water partition coefficient (Wildman–Crippen LogP) is 3.43. The molecule has 2 unspecified atom stereocenters. The van der Waals surface area contributed by atoms with E-state index in [4.69, 9.17) is 15.0 Å². The maximum atomic E-state index is 13.7. The van der Waals surface area contributed by atoms with Crippen LogP contribution in [-0.4, -0.2) is 12.7 Å². The standard InChI is InChI=1S/C16H21FN2O2/c17-13-6-3-4-11-10-15(21-16(11)13)14(19-18)8-7-12-5-1-2-9-20-12/h3-4,6,10,12,14,19H,1-2,5,7-9,18H2. The summed E-state index contributed by atoms with van der Waals surface area (Å²) < 4.78 is 25.0. The highest BCUT2D eigenvalue weighted by Gasteiger charge is 2.20. The van der Waals surface area contributed by atoms with Crippen LogP contribution in [0.5, 0.6) is 0 Å². The molecule has 114 valence electrons. The van der Waals surface area contributed by atoms with Crippen molar-refractivity contribution in [3.63, 3.8) is 0 Å². The van der Waals surface area contributed by atoms with Gasteiger partial charge in [0.15, 0.2) is 11.4 Å². The monoisotopic (exact) mass is 292 g/mol. The number of rotatable bonds is 5. The number of nitrogens with two attached hydrogens (primary N) is 1. The molecule has 0 bridgehead atoms. The Balaban J connectivity index is 1.70. The summed E-state index contributed by atoms with van der Waals surface area (Å²) in [5.41, 5.74) is 3.06. The lowest BCUT2D eigenvalue weighted by atomic mass is 10.0. The fraction of sp³-hybridized carbons (Fsp3) is 0.500. The van der Waals surface area contributed by atoms with Gasteiger partial charge in [-0.3, -0.25) is 5.84 Å². The number of fused-ring (bicyclic) bond motifs is 1. The van der Waals surface area contributed by atoms with Gasteiger partial charge >= 0.3 is 0 Å². The normalized spacial score (nSPS) is 20.8.